The molecule has 0 N–H and O–H groups in total. The molecule has 0 bridgehead atoms. The van der Waals surface area contributed by atoms with E-state index in [0.29, 0.717) is 0 Å². The Labute approximate surface area is 144 Å². The second-order valence-corrected chi connectivity index (χ2v) is 8.20. The van der Waals surface area contributed by atoms with E-state index < -0.39 is 22.6 Å². The van der Waals surface area contributed by atoms with Gasteiger partial charge in [-0.3, -0.25) is 0 Å². The monoisotopic (exact) mass is 395 g/mol. The van der Waals surface area contributed by atoms with Crippen molar-refractivity contribution in [2.75, 3.05) is 0 Å². The van der Waals surface area contributed by atoms with Crippen LogP contribution >= 0.6 is 7.92 Å². The van der Waals surface area contributed by atoms with Crippen molar-refractivity contribution in [2.45, 2.75) is 0 Å². The largest absolute Gasteiger partial charge is 0.102 e. The molecule has 0 aliphatic heterocycles. The van der Waals surface area contributed by atoms with Gasteiger partial charge in [0.15, 0.2) is 0 Å². The molecule has 0 unspecified atom stereocenters. The van der Waals surface area contributed by atoms with Crippen LogP contribution in [-0.2, 0) is 14.7 Å². The molecule has 6 heteroatoms. The van der Waals surface area contributed by atoms with Gasteiger partial charge in [-0.15, -0.1) is 0 Å². The van der Waals surface area contributed by atoms with Crippen LogP contribution in [0.15, 0.2) is 91.0 Å². The molecule has 0 fully saturated rings. The Morgan fingerprint density at radius 1 is 0.458 bits per heavy atom. The Bertz CT molecular complexity index is 618. The second kappa shape index (κ2) is 8.98. The summed E-state index contributed by atoms with van der Waals surface area (Å²) in [6, 6.07) is 32.5. The molecule has 0 nitrogen and oxygen atoms in total. The first-order valence-electron chi connectivity index (χ1n) is 7.02. The Balaban J connectivity index is 0.000000368. The van der Waals surface area contributed by atoms with Crippen molar-refractivity contribution in [1.82, 2.24) is 0 Å². The van der Waals surface area contributed by atoms with Gasteiger partial charge in [0.25, 0.3) is 0 Å². The predicted octanol–water partition coefficient (Wildman–Crippen LogP) is 4.86. The van der Waals surface area contributed by atoms with E-state index in [1.165, 1.54) is 15.9 Å². The maximum atomic E-state index is 9.81. The summed E-state index contributed by atoms with van der Waals surface area (Å²) in [7, 11) is -0.877. The molecule has 0 aliphatic carbocycles. The van der Waals surface area contributed by atoms with Crippen LogP contribution in [0.2, 0.25) is 0 Å². The van der Waals surface area contributed by atoms with Gasteiger partial charge in [0.1, 0.15) is 15.9 Å². The van der Waals surface area contributed by atoms with Gasteiger partial charge >= 0.3 is 28.9 Å². The van der Waals surface area contributed by atoms with Crippen molar-refractivity contribution in [3.63, 3.8) is 0 Å². The van der Waals surface area contributed by atoms with Crippen molar-refractivity contribution < 1.29 is 28.9 Å². The predicted molar refractivity (Wildman–Crippen MR) is 91.0 cm³/mol. The number of hydrogen-bond acceptors (Lipinski definition) is 0. The average Bonchev–Trinajstić information content (AvgIpc) is 2.57. The SMILES string of the molecule is [F][Fe-]([F])([F])[F].c1ccc([PH+](c2ccccc2)c2ccccc2)cc1. The summed E-state index contributed by atoms with van der Waals surface area (Å²) in [5.41, 5.74) is 0. The zero-order chi connectivity index (χ0) is 17.4. The van der Waals surface area contributed by atoms with Gasteiger partial charge in [0.05, 0.1) is 7.92 Å². The van der Waals surface area contributed by atoms with Crippen LogP contribution < -0.4 is 15.9 Å². The van der Waals surface area contributed by atoms with Crippen molar-refractivity contribution in [2.24, 2.45) is 0 Å². The smallest absolute Gasteiger partial charge is 0.0620 e. The average molecular weight is 395 g/mol. The normalized spacial score (nSPS) is 11.5. The first kappa shape index (κ1) is 18.7. The summed E-state index contributed by atoms with van der Waals surface area (Å²) in [4.78, 5) is 0. The fourth-order valence-corrected chi connectivity index (χ4v) is 4.89. The summed E-state index contributed by atoms with van der Waals surface area (Å²) in [6.45, 7) is 0. The first-order chi connectivity index (χ1) is 11.4. The maximum absolute atomic E-state index is 9.81. The molecule has 0 saturated heterocycles. The minimum Gasteiger partial charge on any atom is -0.0620 e. The zero-order valence-electron chi connectivity index (χ0n) is 12.5. The molecular formula is C18H16F4FeP. The van der Waals surface area contributed by atoms with Crippen LogP contribution in [0.4, 0.5) is 14.2 Å². The van der Waals surface area contributed by atoms with Gasteiger partial charge in [0, 0.05) is 0 Å². The molecule has 0 amide bonds. The van der Waals surface area contributed by atoms with Gasteiger partial charge in [-0.05, 0) is 36.4 Å². The Kier molecular flexibility index (Phi) is 6.98. The van der Waals surface area contributed by atoms with Crippen LogP contribution in [0.3, 0.4) is 0 Å². The van der Waals surface area contributed by atoms with Crippen LogP contribution in [0.25, 0.3) is 0 Å². The molecule has 3 aromatic carbocycles. The third-order valence-electron chi connectivity index (χ3n) is 3.19. The molecular weight excluding hydrogens is 379 g/mol. The van der Waals surface area contributed by atoms with E-state index in [2.05, 4.69) is 91.0 Å². The van der Waals surface area contributed by atoms with Crippen LogP contribution in [0.1, 0.15) is 0 Å². The minimum absolute atomic E-state index is 0.877. The third-order valence-corrected chi connectivity index (χ3v) is 5.92. The molecule has 0 atom stereocenters. The molecule has 0 spiro atoms. The molecule has 0 aromatic heterocycles. The van der Waals surface area contributed by atoms with Crippen molar-refractivity contribution >= 4 is 23.8 Å². The minimum atomic E-state index is -6.50. The van der Waals surface area contributed by atoms with Gasteiger partial charge < -0.3 is 0 Å². The number of rotatable bonds is 3. The summed E-state index contributed by atoms with van der Waals surface area (Å²) < 4.78 is 39.2. The van der Waals surface area contributed by atoms with E-state index in [1.807, 2.05) is 0 Å². The third kappa shape index (κ3) is 6.45. The molecule has 0 heterocycles. The van der Waals surface area contributed by atoms with Crippen LogP contribution in [0, 0.1) is 0 Å². The Morgan fingerprint density at radius 3 is 0.875 bits per heavy atom. The van der Waals surface area contributed by atoms with Crippen LogP contribution in [-0.4, -0.2) is 0 Å². The number of halogens is 4. The van der Waals surface area contributed by atoms with E-state index in [9.17, 15) is 14.2 Å². The summed E-state index contributed by atoms with van der Waals surface area (Å²) in [5.74, 6) is 0. The van der Waals surface area contributed by atoms with Crippen molar-refractivity contribution in [3.05, 3.63) is 91.0 Å². The summed E-state index contributed by atoms with van der Waals surface area (Å²) in [6.07, 6.45) is 0. The van der Waals surface area contributed by atoms with Gasteiger partial charge in [-0.25, -0.2) is 0 Å². The Hall–Kier alpha value is -1.67. The quantitative estimate of drug-likeness (QED) is 0.338. The summed E-state index contributed by atoms with van der Waals surface area (Å²) in [5, 5.41) is 4.31. The van der Waals surface area contributed by atoms with E-state index in [4.69, 9.17) is 0 Å². The van der Waals surface area contributed by atoms with E-state index >= 15 is 0 Å². The van der Waals surface area contributed by atoms with Crippen molar-refractivity contribution in [3.8, 4) is 0 Å². The Morgan fingerprint density at radius 2 is 0.667 bits per heavy atom. The zero-order valence-corrected chi connectivity index (χ0v) is 14.6. The van der Waals surface area contributed by atoms with Gasteiger partial charge in [0.2, 0.25) is 0 Å². The standard InChI is InChI=1S/C18H15P.4FH.Fe/c1-4-10-16(11-5-1)19(17-12-6-2-7-13-17)18-14-8-3-9-15-18;;;;;/h1-15H;4*1H;/q;;;;;+3/p-3. The first-order valence-corrected chi connectivity index (χ1v) is 10.2. The maximum Gasteiger partial charge on any atom is 0.102 e. The molecule has 3 rings (SSSR count). The van der Waals surface area contributed by atoms with Crippen LogP contribution in [0.5, 0.6) is 0 Å². The molecule has 24 heavy (non-hydrogen) atoms. The number of benzene rings is 3. The second-order valence-electron chi connectivity index (χ2n) is 4.78. The van der Waals surface area contributed by atoms with Gasteiger partial charge in [-0.2, -0.15) is 0 Å². The summed E-state index contributed by atoms with van der Waals surface area (Å²) >= 11 is -6.50. The molecule has 0 radical (unpaired) electrons. The van der Waals surface area contributed by atoms with E-state index in [1.54, 1.807) is 0 Å². The van der Waals surface area contributed by atoms with Crippen molar-refractivity contribution in [1.29, 1.82) is 0 Å². The topological polar surface area (TPSA) is 0 Å². The molecule has 0 saturated carbocycles. The molecule has 3 aromatic rings. The fourth-order valence-electron chi connectivity index (χ4n) is 2.31. The fraction of sp³-hybridized carbons (Fsp3) is 0. The van der Waals surface area contributed by atoms with E-state index in [-0.39, 0.29) is 0 Å². The molecule has 129 valence electrons. The van der Waals surface area contributed by atoms with E-state index in [0.717, 1.165) is 0 Å². The number of hydrogen-bond donors (Lipinski definition) is 0. The van der Waals surface area contributed by atoms with Gasteiger partial charge in [-0.1, -0.05) is 54.6 Å². The molecule has 0 aliphatic rings.